The second-order valence-corrected chi connectivity index (χ2v) is 7.08. The molecule has 0 aromatic carbocycles. The summed E-state index contributed by atoms with van der Waals surface area (Å²) in [6.45, 7) is 10.4. The van der Waals surface area contributed by atoms with Crippen LogP contribution in [0.15, 0.2) is 12.1 Å². The molecule has 2 rings (SSSR count). The Morgan fingerprint density at radius 1 is 1.40 bits per heavy atom. The summed E-state index contributed by atoms with van der Waals surface area (Å²) in [7, 11) is 0. The summed E-state index contributed by atoms with van der Waals surface area (Å²) >= 11 is 1.55. The zero-order valence-electron chi connectivity index (χ0n) is 12.6. The Balaban J connectivity index is 2.13. The van der Waals surface area contributed by atoms with Crippen LogP contribution in [-0.2, 0) is 11.8 Å². The van der Waals surface area contributed by atoms with Crippen molar-refractivity contribution in [1.29, 1.82) is 0 Å². The van der Waals surface area contributed by atoms with Crippen LogP contribution in [0.5, 0.6) is 0 Å². The van der Waals surface area contributed by atoms with Crippen molar-refractivity contribution in [2.24, 2.45) is 0 Å². The molecule has 0 atom stereocenters. The summed E-state index contributed by atoms with van der Waals surface area (Å²) in [6.07, 6.45) is 0.959. The summed E-state index contributed by atoms with van der Waals surface area (Å²) < 4.78 is 0. The number of hydrogen-bond acceptors (Lipinski definition) is 3. The van der Waals surface area contributed by atoms with Crippen LogP contribution < -0.4 is 5.32 Å². The van der Waals surface area contributed by atoms with Crippen molar-refractivity contribution in [3.63, 3.8) is 0 Å². The number of rotatable bonds is 3. The van der Waals surface area contributed by atoms with Crippen molar-refractivity contribution in [2.75, 3.05) is 5.32 Å². The van der Waals surface area contributed by atoms with Gasteiger partial charge in [-0.3, -0.25) is 9.89 Å². The Kier molecular flexibility index (Phi) is 3.99. The Morgan fingerprint density at radius 3 is 2.60 bits per heavy atom. The monoisotopic (exact) mass is 291 g/mol. The predicted molar refractivity (Wildman–Crippen MR) is 83.7 cm³/mol. The van der Waals surface area contributed by atoms with E-state index in [1.807, 2.05) is 19.1 Å². The highest BCUT2D eigenvalue weighted by atomic mass is 32.1. The van der Waals surface area contributed by atoms with E-state index < -0.39 is 0 Å². The minimum Gasteiger partial charge on any atom is -0.304 e. The number of anilines is 1. The summed E-state index contributed by atoms with van der Waals surface area (Å²) in [4.78, 5) is 14.2. The molecule has 0 bridgehead atoms. The largest absolute Gasteiger partial charge is 0.304 e. The fourth-order valence-electron chi connectivity index (χ4n) is 1.93. The van der Waals surface area contributed by atoms with E-state index in [4.69, 9.17) is 0 Å². The van der Waals surface area contributed by atoms with E-state index in [1.54, 1.807) is 11.3 Å². The van der Waals surface area contributed by atoms with Crippen LogP contribution in [0.25, 0.3) is 0 Å². The van der Waals surface area contributed by atoms with Gasteiger partial charge in [-0.15, -0.1) is 11.3 Å². The molecule has 20 heavy (non-hydrogen) atoms. The van der Waals surface area contributed by atoms with Crippen LogP contribution >= 0.6 is 11.3 Å². The van der Waals surface area contributed by atoms with Crippen molar-refractivity contribution >= 4 is 23.1 Å². The van der Waals surface area contributed by atoms with Crippen molar-refractivity contribution in [3.8, 4) is 0 Å². The predicted octanol–water partition coefficient (Wildman–Crippen LogP) is 3.89. The SMILES string of the molecule is CCc1sc(C(=O)Nc2cc(C(C)(C)C)[nH]n2)cc1C. The zero-order valence-corrected chi connectivity index (χ0v) is 13.4. The first kappa shape index (κ1) is 14.8. The molecule has 0 aliphatic carbocycles. The number of aromatic amines is 1. The van der Waals surface area contributed by atoms with Crippen molar-refractivity contribution < 1.29 is 4.79 Å². The minimum absolute atomic E-state index is 0.00905. The maximum absolute atomic E-state index is 12.2. The average Bonchev–Trinajstić information content (AvgIpc) is 2.95. The van der Waals surface area contributed by atoms with Crippen LogP contribution in [0.3, 0.4) is 0 Å². The van der Waals surface area contributed by atoms with Gasteiger partial charge in [-0.2, -0.15) is 5.10 Å². The Morgan fingerprint density at radius 2 is 2.10 bits per heavy atom. The second kappa shape index (κ2) is 5.40. The highest BCUT2D eigenvalue weighted by Crippen LogP contribution is 2.25. The van der Waals surface area contributed by atoms with E-state index in [-0.39, 0.29) is 11.3 Å². The summed E-state index contributed by atoms with van der Waals surface area (Å²) in [5.74, 6) is 0.480. The number of carbonyl (C=O) groups excluding carboxylic acids is 1. The molecule has 1 amide bonds. The summed E-state index contributed by atoms with van der Waals surface area (Å²) in [5.41, 5.74) is 2.18. The van der Waals surface area contributed by atoms with Gasteiger partial charge >= 0.3 is 0 Å². The van der Waals surface area contributed by atoms with Gasteiger partial charge in [0.15, 0.2) is 5.82 Å². The standard InChI is InChI=1S/C15H21N3OS/c1-6-10-9(2)7-11(20-10)14(19)16-13-8-12(17-18-13)15(3,4)5/h7-8H,6H2,1-5H3,(H2,16,17,18,19). The minimum atomic E-state index is -0.0928. The quantitative estimate of drug-likeness (QED) is 0.901. The number of nitrogens with zero attached hydrogens (tertiary/aromatic N) is 1. The number of thiophene rings is 1. The molecule has 0 saturated carbocycles. The molecule has 2 aromatic rings. The van der Waals surface area contributed by atoms with Gasteiger partial charge in [0, 0.05) is 22.1 Å². The lowest BCUT2D eigenvalue weighted by Crippen LogP contribution is -2.11. The number of H-pyrrole nitrogens is 1. The molecule has 0 saturated heterocycles. The van der Waals surface area contributed by atoms with E-state index in [9.17, 15) is 4.79 Å². The van der Waals surface area contributed by atoms with Crippen molar-refractivity contribution in [2.45, 2.75) is 46.5 Å². The van der Waals surface area contributed by atoms with E-state index in [2.05, 4.69) is 43.2 Å². The summed E-state index contributed by atoms with van der Waals surface area (Å²) in [5, 5.41) is 9.96. The Hall–Kier alpha value is -1.62. The maximum atomic E-state index is 12.2. The fourth-order valence-corrected chi connectivity index (χ4v) is 2.94. The number of aromatic nitrogens is 2. The lowest BCUT2D eigenvalue weighted by molar-refractivity contribution is 0.103. The summed E-state index contributed by atoms with van der Waals surface area (Å²) in [6, 6.07) is 3.83. The molecule has 108 valence electrons. The van der Waals surface area contributed by atoms with E-state index >= 15 is 0 Å². The van der Waals surface area contributed by atoms with Gasteiger partial charge in [0.05, 0.1) is 4.88 Å². The number of aryl methyl sites for hydroxylation is 2. The van der Waals surface area contributed by atoms with Gasteiger partial charge in [-0.1, -0.05) is 27.7 Å². The molecule has 2 N–H and O–H groups in total. The van der Waals surface area contributed by atoms with E-state index in [1.165, 1.54) is 10.4 Å². The molecule has 0 radical (unpaired) electrons. The number of carbonyl (C=O) groups is 1. The first-order chi connectivity index (χ1) is 9.31. The Labute approximate surface area is 123 Å². The highest BCUT2D eigenvalue weighted by Gasteiger charge is 2.18. The molecular formula is C15H21N3OS. The van der Waals surface area contributed by atoms with Crippen LogP contribution in [-0.4, -0.2) is 16.1 Å². The van der Waals surface area contributed by atoms with Crippen LogP contribution in [0.2, 0.25) is 0 Å². The van der Waals surface area contributed by atoms with Gasteiger partial charge in [0.25, 0.3) is 5.91 Å². The topological polar surface area (TPSA) is 57.8 Å². The van der Waals surface area contributed by atoms with Crippen LogP contribution in [0.1, 0.15) is 53.5 Å². The van der Waals surface area contributed by atoms with Crippen LogP contribution in [0, 0.1) is 6.92 Å². The third kappa shape index (κ3) is 3.10. The normalized spacial score (nSPS) is 11.7. The molecule has 0 fully saturated rings. The van der Waals surface area contributed by atoms with Gasteiger partial charge in [0.2, 0.25) is 0 Å². The lowest BCUT2D eigenvalue weighted by atomic mass is 9.92. The van der Waals surface area contributed by atoms with Crippen LogP contribution in [0.4, 0.5) is 5.82 Å². The molecule has 0 aliphatic heterocycles. The lowest BCUT2D eigenvalue weighted by Gasteiger charge is -2.14. The van der Waals surface area contributed by atoms with Crippen molar-refractivity contribution in [1.82, 2.24) is 10.2 Å². The zero-order chi connectivity index (χ0) is 14.9. The molecule has 4 nitrogen and oxygen atoms in total. The van der Waals surface area contributed by atoms with Gasteiger partial charge in [-0.05, 0) is 25.0 Å². The maximum Gasteiger partial charge on any atom is 0.266 e. The van der Waals surface area contributed by atoms with Gasteiger partial charge < -0.3 is 5.32 Å². The fraction of sp³-hybridized carbons (Fsp3) is 0.467. The second-order valence-electron chi connectivity index (χ2n) is 5.94. The molecule has 0 aliphatic rings. The first-order valence-electron chi connectivity index (χ1n) is 6.77. The Bertz CT molecular complexity index is 619. The number of nitrogens with one attached hydrogen (secondary N) is 2. The van der Waals surface area contributed by atoms with Gasteiger partial charge in [0.1, 0.15) is 0 Å². The molecule has 0 unspecified atom stereocenters. The van der Waals surface area contributed by atoms with E-state index in [0.29, 0.717) is 5.82 Å². The number of hydrogen-bond donors (Lipinski definition) is 2. The third-order valence-corrected chi connectivity index (χ3v) is 4.57. The molecule has 5 heteroatoms. The van der Waals surface area contributed by atoms with E-state index in [0.717, 1.165) is 17.0 Å². The average molecular weight is 291 g/mol. The molecular weight excluding hydrogens is 270 g/mol. The smallest absolute Gasteiger partial charge is 0.266 e. The molecule has 0 spiro atoms. The molecule has 2 aromatic heterocycles. The third-order valence-electron chi connectivity index (χ3n) is 3.19. The van der Waals surface area contributed by atoms with Crippen molar-refractivity contribution in [3.05, 3.63) is 33.1 Å². The number of amides is 1. The molecule has 2 heterocycles. The van der Waals surface area contributed by atoms with Gasteiger partial charge in [-0.25, -0.2) is 0 Å². The first-order valence-corrected chi connectivity index (χ1v) is 7.59. The highest BCUT2D eigenvalue weighted by molar-refractivity contribution is 7.14.